The first kappa shape index (κ1) is 16.5. The lowest BCUT2D eigenvalue weighted by atomic mass is 10.2. The number of hydrogen-bond acceptors (Lipinski definition) is 5. The summed E-state index contributed by atoms with van der Waals surface area (Å²) in [6, 6.07) is 8.81. The van der Waals surface area contributed by atoms with Gasteiger partial charge in [0.05, 0.1) is 5.69 Å². The van der Waals surface area contributed by atoms with Gasteiger partial charge < -0.3 is 10.4 Å². The Hall–Kier alpha value is -0.880. The number of rotatable bonds is 8. The maximum atomic E-state index is 9.07. The highest BCUT2D eigenvalue weighted by Gasteiger charge is 2.09. The lowest BCUT2D eigenvalue weighted by Gasteiger charge is -2.15. The molecule has 2 N–H and O–H groups in total. The number of nitrogens with zero attached hydrogens (tertiary/aromatic N) is 1. The Morgan fingerprint density at radius 3 is 2.76 bits per heavy atom. The van der Waals surface area contributed by atoms with E-state index in [2.05, 4.69) is 53.1 Å². The van der Waals surface area contributed by atoms with Crippen LogP contribution in [0.1, 0.15) is 17.7 Å². The molecule has 0 bridgehead atoms. The summed E-state index contributed by atoms with van der Waals surface area (Å²) in [6.07, 6.45) is 2.88. The number of aliphatic hydroxyl groups is 1. The van der Waals surface area contributed by atoms with E-state index in [4.69, 9.17) is 5.11 Å². The summed E-state index contributed by atoms with van der Waals surface area (Å²) in [7, 11) is 0. The summed E-state index contributed by atoms with van der Waals surface area (Å²) in [5.74, 6) is 1.01. The van der Waals surface area contributed by atoms with Crippen molar-refractivity contribution in [2.75, 3.05) is 18.6 Å². The highest BCUT2D eigenvalue weighted by molar-refractivity contribution is 7.98. The molecule has 0 saturated heterocycles. The molecule has 2 aromatic rings. The van der Waals surface area contributed by atoms with Crippen LogP contribution in [-0.4, -0.2) is 34.7 Å². The number of hydrogen-bond donors (Lipinski definition) is 2. The second kappa shape index (κ2) is 8.54. The second-order valence-electron chi connectivity index (χ2n) is 5.06. The first-order valence-electron chi connectivity index (χ1n) is 7.07. The van der Waals surface area contributed by atoms with E-state index in [1.807, 2.05) is 0 Å². The van der Waals surface area contributed by atoms with Crippen LogP contribution in [0, 0.1) is 6.92 Å². The smallest absolute Gasteiger partial charge is 0.123 e. The fourth-order valence-electron chi connectivity index (χ4n) is 2.07. The van der Waals surface area contributed by atoms with E-state index in [-0.39, 0.29) is 6.61 Å². The van der Waals surface area contributed by atoms with Crippen LogP contribution in [-0.2, 0) is 6.54 Å². The predicted molar refractivity (Wildman–Crippen MR) is 93.0 cm³/mol. The largest absolute Gasteiger partial charge is 0.396 e. The highest BCUT2D eigenvalue weighted by Crippen LogP contribution is 2.24. The van der Waals surface area contributed by atoms with Gasteiger partial charge in [0.1, 0.15) is 5.01 Å². The molecule has 114 valence electrons. The van der Waals surface area contributed by atoms with Crippen molar-refractivity contribution in [3.8, 4) is 10.6 Å². The Balaban J connectivity index is 1.95. The molecule has 0 aliphatic carbocycles. The summed E-state index contributed by atoms with van der Waals surface area (Å²) in [5, 5.41) is 15.7. The molecule has 0 amide bonds. The van der Waals surface area contributed by atoms with Crippen LogP contribution >= 0.6 is 23.1 Å². The van der Waals surface area contributed by atoms with Gasteiger partial charge in [-0.25, -0.2) is 4.98 Å². The van der Waals surface area contributed by atoms with Gasteiger partial charge in [-0.2, -0.15) is 11.8 Å². The van der Waals surface area contributed by atoms with Crippen molar-refractivity contribution in [3.63, 3.8) is 0 Å². The van der Waals surface area contributed by atoms with E-state index in [1.54, 1.807) is 23.1 Å². The molecular formula is C16H22N2OS2. The van der Waals surface area contributed by atoms with Crippen molar-refractivity contribution in [1.82, 2.24) is 10.3 Å². The first-order valence-corrected chi connectivity index (χ1v) is 9.35. The summed E-state index contributed by atoms with van der Waals surface area (Å²) in [4.78, 5) is 4.69. The van der Waals surface area contributed by atoms with Gasteiger partial charge in [-0.1, -0.05) is 29.8 Å². The van der Waals surface area contributed by atoms with Crippen molar-refractivity contribution < 1.29 is 5.11 Å². The third kappa shape index (κ3) is 5.11. The molecule has 1 heterocycles. The van der Waals surface area contributed by atoms with Gasteiger partial charge >= 0.3 is 0 Å². The number of thioether (sulfide) groups is 1. The highest BCUT2D eigenvalue weighted by atomic mass is 32.2. The Morgan fingerprint density at radius 1 is 1.33 bits per heavy atom. The number of nitrogens with one attached hydrogen (secondary N) is 1. The Bertz CT molecular complexity index is 533. The molecule has 0 saturated carbocycles. The number of aryl methyl sites for hydroxylation is 1. The van der Waals surface area contributed by atoms with Gasteiger partial charge in [0.25, 0.3) is 0 Å². The number of thiazole rings is 1. The molecule has 1 aromatic heterocycles. The molecule has 0 radical (unpaired) electrons. The molecule has 1 atom stereocenters. The Kier molecular flexibility index (Phi) is 6.70. The summed E-state index contributed by atoms with van der Waals surface area (Å²) in [5.41, 5.74) is 3.51. The van der Waals surface area contributed by atoms with Crippen molar-refractivity contribution >= 4 is 23.1 Å². The zero-order chi connectivity index (χ0) is 15.1. The van der Waals surface area contributed by atoms with E-state index in [0.29, 0.717) is 6.04 Å². The SMILES string of the molecule is CSCC(CCO)NCc1csc(-c2ccc(C)cc2)n1. The van der Waals surface area contributed by atoms with Gasteiger partial charge in [-0.15, -0.1) is 11.3 Å². The van der Waals surface area contributed by atoms with Crippen LogP contribution in [0.3, 0.4) is 0 Å². The molecule has 2 rings (SSSR count). The minimum absolute atomic E-state index is 0.226. The molecule has 0 fully saturated rings. The minimum Gasteiger partial charge on any atom is -0.396 e. The Labute approximate surface area is 134 Å². The molecule has 3 nitrogen and oxygen atoms in total. The average molecular weight is 322 g/mol. The van der Waals surface area contributed by atoms with Gasteiger partial charge in [0, 0.05) is 35.9 Å². The maximum absolute atomic E-state index is 9.07. The van der Waals surface area contributed by atoms with E-state index in [9.17, 15) is 0 Å². The maximum Gasteiger partial charge on any atom is 0.123 e. The molecule has 1 aromatic carbocycles. The van der Waals surface area contributed by atoms with Crippen LogP contribution < -0.4 is 5.32 Å². The van der Waals surface area contributed by atoms with Crippen LogP contribution in [0.5, 0.6) is 0 Å². The van der Waals surface area contributed by atoms with Crippen molar-refractivity contribution in [2.24, 2.45) is 0 Å². The number of aliphatic hydroxyl groups excluding tert-OH is 1. The fraction of sp³-hybridized carbons (Fsp3) is 0.438. The topological polar surface area (TPSA) is 45.1 Å². The predicted octanol–water partition coefficient (Wildman–Crippen LogP) is 3.32. The summed E-state index contributed by atoms with van der Waals surface area (Å²) in [6.45, 7) is 3.07. The molecule has 0 aliphatic heterocycles. The van der Waals surface area contributed by atoms with Gasteiger partial charge in [-0.05, 0) is 19.6 Å². The zero-order valence-electron chi connectivity index (χ0n) is 12.5. The van der Waals surface area contributed by atoms with Crippen molar-refractivity contribution in [2.45, 2.75) is 25.9 Å². The summed E-state index contributed by atoms with van der Waals surface area (Å²) < 4.78 is 0. The van der Waals surface area contributed by atoms with E-state index < -0.39 is 0 Å². The summed E-state index contributed by atoms with van der Waals surface area (Å²) >= 11 is 3.48. The monoisotopic (exact) mass is 322 g/mol. The van der Waals surface area contributed by atoms with E-state index in [1.165, 1.54) is 11.1 Å². The number of benzene rings is 1. The van der Waals surface area contributed by atoms with E-state index in [0.717, 1.165) is 29.4 Å². The van der Waals surface area contributed by atoms with E-state index >= 15 is 0 Å². The standard InChI is InChI=1S/C16H22N2OS2/c1-12-3-5-13(6-4-12)16-18-15(11-21-16)9-17-14(7-8-19)10-20-2/h3-6,11,14,17,19H,7-10H2,1-2H3. The molecule has 0 aliphatic rings. The second-order valence-corrected chi connectivity index (χ2v) is 6.82. The van der Waals surface area contributed by atoms with Crippen LogP contribution in [0.15, 0.2) is 29.6 Å². The molecule has 1 unspecified atom stereocenters. The third-order valence-electron chi connectivity index (χ3n) is 3.27. The molecular weight excluding hydrogens is 300 g/mol. The quantitative estimate of drug-likeness (QED) is 0.782. The van der Waals surface area contributed by atoms with Gasteiger partial charge in [0.2, 0.25) is 0 Å². The van der Waals surface area contributed by atoms with Crippen LogP contribution in [0.2, 0.25) is 0 Å². The number of aromatic nitrogens is 1. The Morgan fingerprint density at radius 2 is 2.10 bits per heavy atom. The first-order chi connectivity index (χ1) is 10.2. The van der Waals surface area contributed by atoms with Gasteiger partial charge in [0.15, 0.2) is 0 Å². The van der Waals surface area contributed by atoms with Gasteiger partial charge in [-0.3, -0.25) is 0 Å². The third-order valence-corrected chi connectivity index (χ3v) is 4.94. The molecule has 5 heteroatoms. The van der Waals surface area contributed by atoms with Crippen LogP contribution in [0.25, 0.3) is 10.6 Å². The zero-order valence-corrected chi connectivity index (χ0v) is 14.1. The molecule has 0 spiro atoms. The normalized spacial score (nSPS) is 12.5. The molecule has 21 heavy (non-hydrogen) atoms. The average Bonchev–Trinajstić information content (AvgIpc) is 2.95. The lowest BCUT2D eigenvalue weighted by molar-refractivity contribution is 0.269. The van der Waals surface area contributed by atoms with Crippen molar-refractivity contribution in [1.29, 1.82) is 0 Å². The minimum atomic E-state index is 0.226. The van der Waals surface area contributed by atoms with Crippen molar-refractivity contribution in [3.05, 3.63) is 40.9 Å². The fourth-order valence-corrected chi connectivity index (χ4v) is 3.58. The van der Waals surface area contributed by atoms with Crippen LogP contribution in [0.4, 0.5) is 0 Å². The lowest BCUT2D eigenvalue weighted by Crippen LogP contribution is -2.31.